The molecule has 1 heterocycles. The lowest BCUT2D eigenvalue weighted by atomic mass is 9.90. The maximum atomic E-state index is 12.5. The van der Waals surface area contributed by atoms with E-state index in [9.17, 15) is 4.79 Å². The van der Waals surface area contributed by atoms with Crippen molar-refractivity contribution < 1.29 is 4.79 Å². The highest BCUT2D eigenvalue weighted by atomic mass is 79.9. The predicted octanol–water partition coefficient (Wildman–Crippen LogP) is 3.45. The smallest absolute Gasteiger partial charge is 0.158 e. The fraction of sp³-hybridized carbons (Fsp3) is 0.235. The lowest BCUT2D eigenvalue weighted by Crippen LogP contribution is -2.35. The molecule has 1 aliphatic rings. The monoisotopic (exact) mass is 329 g/mol. The fourth-order valence-corrected chi connectivity index (χ4v) is 2.96. The molecule has 0 bridgehead atoms. The van der Waals surface area contributed by atoms with Gasteiger partial charge in [-0.15, -0.1) is 0 Å². The summed E-state index contributed by atoms with van der Waals surface area (Å²) in [5.74, 6) is 0.236. The summed E-state index contributed by atoms with van der Waals surface area (Å²) in [5.41, 5.74) is 3.49. The van der Waals surface area contributed by atoms with Crippen LogP contribution in [0.3, 0.4) is 0 Å². The van der Waals surface area contributed by atoms with Crippen LogP contribution in [-0.2, 0) is 17.6 Å². The van der Waals surface area contributed by atoms with Crippen LogP contribution in [0.1, 0.15) is 22.7 Å². The first-order valence-electron chi connectivity index (χ1n) is 6.82. The number of carbonyl (C=O) groups excluding carboxylic acids is 1. The van der Waals surface area contributed by atoms with Gasteiger partial charge in [-0.05, 0) is 35.2 Å². The van der Waals surface area contributed by atoms with Gasteiger partial charge < -0.3 is 5.32 Å². The molecule has 2 aromatic carbocycles. The second-order valence-corrected chi connectivity index (χ2v) is 6.02. The average molecular weight is 330 g/mol. The van der Waals surface area contributed by atoms with Crippen molar-refractivity contribution in [1.82, 2.24) is 5.32 Å². The van der Waals surface area contributed by atoms with Gasteiger partial charge in [0.1, 0.15) is 0 Å². The summed E-state index contributed by atoms with van der Waals surface area (Å²) in [6.45, 7) is 0.869. The molecule has 1 atom stereocenters. The van der Waals surface area contributed by atoms with Gasteiger partial charge in [0.05, 0.1) is 6.04 Å². The molecule has 1 aliphatic heterocycles. The summed E-state index contributed by atoms with van der Waals surface area (Å²) in [6, 6.07) is 16.0. The molecule has 0 saturated heterocycles. The van der Waals surface area contributed by atoms with Gasteiger partial charge in [-0.25, -0.2) is 0 Å². The van der Waals surface area contributed by atoms with E-state index in [2.05, 4.69) is 33.4 Å². The molecule has 2 nitrogen and oxygen atoms in total. The van der Waals surface area contributed by atoms with Crippen LogP contribution >= 0.6 is 15.9 Å². The van der Waals surface area contributed by atoms with E-state index in [0.29, 0.717) is 6.42 Å². The van der Waals surface area contributed by atoms with Crippen molar-refractivity contribution >= 4 is 21.7 Å². The van der Waals surface area contributed by atoms with Crippen LogP contribution in [0.15, 0.2) is 53.0 Å². The third kappa shape index (κ3) is 2.84. The first-order valence-corrected chi connectivity index (χ1v) is 7.62. The van der Waals surface area contributed by atoms with E-state index in [1.807, 2.05) is 36.4 Å². The van der Waals surface area contributed by atoms with Crippen LogP contribution < -0.4 is 5.32 Å². The molecular weight excluding hydrogens is 314 g/mol. The van der Waals surface area contributed by atoms with Gasteiger partial charge in [0, 0.05) is 17.4 Å². The summed E-state index contributed by atoms with van der Waals surface area (Å²) in [6.07, 6.45) is 1.47. The van der Waals surface area contributed by atoms with Crippen LogP contribution in [-0.4, -0.2) is 12.3 Å². The number of halogens is 1. The zero-order valence-corrected chi connectivity index (χ0v) is 12.7. The minimum Gasteiger partial charge on any atom is -0.303 e. The Morgan fingerprint density at radius 2 is 1.90 bits per heavy atom. The number of hydrogen-bond acceptors (Lipinski definition) is 2. The molecule has 0 spiro atoms. The SMILES string of the molecule is O=C(Cc1ccc(Br)cc1)C1NCCc2ccccc21. The van der Waals surface area contributed by atoms with Crippen molar-refractivity contribution in [1.29, 1.82) is 0 Å². The molecule has 0 radical (unpaired) electrons. The van der Waals surface area contributed by atoms with E-state index in [4.69, 9.17) is 0 Å². The molecule has 1 N–H and O–H groups in total. The van der Waals surface area contributed by atoms with Crippen LogP contribution in [0.4, 0.5) is 0 Å². The molecule has 20 heavy (non-hydrogen) atoms. The number of carbonyl (C=O) groups is 1. The van der Waals surface area contributed by atoms with E-state index in [1.54, 1.807) is 0 Å². The lowest BCUT2D eigenvalue weighted by Gasteiger charge is -2.25. The number of fused-ring (bicyclic) bond motifs is 1. The van der Waals surface area contributed by atoms with Crippen molar-refractivity contribution in [2.45, 2.75) is 18.9 Å². The van der Waals surface area contributed by atoms with E-state index >= 15 is 0 Å². The predicted molar refractivity (Wildman–Crippen MR) is 83.7 cm³/mol. The molecule has 2 aromatic rings. The highest BCUT2D eigenvalue weighted by Gasteiger charge is 2.25. The normalized spacial score (nSPS) is 17.6. The van der Waals surface area contributed by atoms with Crippen LogP contribution in [0.2, 0.25) is 0 Å². The summed E-state index contributed by atoms with van der Waals surface area (Å²) in [4.78, 5) is 12.5. The van der Waals surface area contributed by atoms with Gasteiger partial charge in [-0.3, -0.25) is 4.79 Å². The van der Waals surface area contributed by atoms with Gasteiger partial charge in [0.2, 0.25) is 0 Å². The number of Topliss-reactive ketones (excluding diaryl/α,β-unsaturated/α-hetero) is 1. The van der Waals surface area contributed by atoms with E-state index in [1.165, 1.54) is 5.56 Å². The summed E-state index contributed by atoms with van der Waals surface area (Å²) in [7, 11) is 0. The van der Waals surface area contributed by atoms with Gasteiger partial charge in [-0.2, -0.15) is 0 Å². The maximum absolute atomic E-state index is 12.5. The minimum atomic E-state index is -0.163. The Kier molecular flexibility index (Phi) is 3.99. The molecule has 0 fully saturated rings. The Hall–Kier alpha value is -1.45. The number of hydrogen-bond donors (Lipinski definition) is 1. The Labute approximate surface area is 127 Å². The summed E-state index contributed by atoms with van der Waals surface area (Å²) >= 11 is 3.41. The van der Waals surface area contributed by atoms with Crippen molar-refractivity contribution in [3.05, 3.63) is 69.7 Å². The summed E-state index contributed by atoms with van der Waals surface area (Å²) in [5, 5.41) is 3.35. The average Bonchev–Trinajstić information content (AvgIpc) is 2.49. The molecule has 3 rings (SSSR count). The number of benzene rings is 2. The fourth-order valence-electron chi connectivity index (χ4n) is 2.70. The number of nitrogens with one attached hydrogen (secondary N) is 1. The van der Waals surface area contributed by atoms with Gasteiger partial charge in [-0.1, -0.05) is 52.3 Å². The largest absolute Gasteiger partial charge is 0.303 e. The molecule has 0 amide bonds. The first-order chi connectivity index (χ1) is 9.74. The molecule has 0 aromatic heterocycles. The zero-order valence-electron chi connectivity index (χ0n) is 11.1. The highest BCUT2D eigenvalue weighted by Crippen LogP contribution is 2.24. The van der Waals surface area contributed by atoms with Crippen LogP contribution in [0, 0.1) is 0 Å². The Bertz CT molecular complexity index is 621. The molecule has 0 saturated carbocycles. The molecular formula is C17H16BrNO. The standard InChI is InChI=1S/C17H16BrNO/c18-14-7-5-12(6-8-14)11-16(20)17-15-4-2-1-3-13(15)9-10-19-17/h1-8,17,19H,9-11H2. The quantitative estimate of drug-likeness (QED) is 0.934. The molecule has 0 aliphatic carbocycles. The number of rotatable bonds is 3. The molecule has 3 heteroatoms. The second kappa shape index (κ2) is 5.90. The van der Waals surface area contributed by atoms with Gasteiger partial charge >= 0.3 is 0 Å². The number of ketones is 1. The first kappa shape index (κ1) is 13.5. The zero-order chi connectivity index (χ0) is 13.9. The Balaban J connectivity index is 1.80. The van der Waals surface area contributed by atoms with E-state index in [0.717, 1.165) is 28.6 Å². The van der Waals surface area contributed by atoms with Gasteiger partial charge in [0.15, 0.2) is 5.78 Å². The molecule has 102 valence electrons. The third-order valence-electron chi connectivity index (χ3n) is 3.72. The van der Waals surface area contributed by atoms with Crippen molar-refractivity contribution in [3.63, 3.8) is 0 Å². The van der Waals surface area contributed by atoms with E-state index < -0.39 is 0 Å². The van der Waals surface area contributed by atoms with Crippen molar-refractivity contribution in [2.24, 2.45) is 0 Å². The lowest BCUT2D eigenvalue weighted by molar-refractivity contribution is -0.120. The van der Waals surface area contributed by atoms with Crippen molar-refractivity contribution in [3.8, 4) is 0 Å². The topological polar surface area (TPSA) is 29.1 Å². The minimum absolute atomic E-state index is 0.163. The Morgan fingerprint density at radius 1 is 1.15 bits per heavy atom. The van der Waals surface area contributed by atoms with Gasteiger partial charge in [0.25, 0.3) is 0 Å². The summed E-state index contributed by atoms with van der Waals surface area (Å²) < 4.78 is 1.04. The van der Waals surface area contributed by atoms with Crippen LogP contribution in [0.5, 0.6) is 0 Å². The van der Waals surface area contributed by atoms with E-state index in [-0.39, 0.29) is 11.8 Å². The molecule has 1 unspecified atom stereocenters. The second-order valence-electron chi connectivity index (χ2n) is 5.11. The highest BCUT2D eigenvalue weighted by molar-refractivity contribution is 9.10. The maximum Gasteiger partial charge on any atom is 0.158 e. The third-order valence-corrected chi connectivity index (χ3v) is 4.25. The van der Waals surface area contributed by atoms with Crippen molar-refractivity contribution in [2.75, 3.05) is 6.54 Å². The Morgan fingerprint density at radius 3 is 2.70 bits per heavy atom. The van der Waals surface area contributed by atoms with Crippen LogP contribution in [0.25, 0.3) is 0 Å².